The molecule has 0 atom stereocenters. The first-order chi connectivity index (χ1) is 9.70. The molecule has 1 fully saturated rings. The molecule has 1 saturated heterocycles. The molecule has 20 heavy (non-hydrogen) atoms. The van der Waals surface area contributed by atoms with Gasteiger partial charge in [-0.25, -0.2) is 0 Å². The Hall–Kier alpha value is -1.59. The maximum atomic E-state index is 11.3. The summed E-state index contributed by atoms with van der Waals surface area (Å²) in [6.45, 7) is 3.47. The summed E-state index contributed by atoms with van der Waals surface area (Å²) in [5.41, 5.74) is 0.605. The van der Waals surface area contributed by atoms with E-state index < -0.39 is 0 Å². The molecule has 5 heteroatoms. The molecule has 2 rings (SSSR count). The molecular weight excluding hydrogens is 260 g/mol. The van der Waals surface area contributed by atoms with Gasteiger partial charge in [0.15, 0.2) is 23.6 Å². The molecule has 1 aliphatic heterocycles. The van der Waals surface area contributed by atoms with Crippen LogP contribution in [0.25, 0.3) is 0 Å². The molecule has 110 valence electrons. The molecular formula is C15H20O5. The summed E-state index contributed by atoms with van der Waals surface area (Å²) in [5, 5.41) is 0. The van der Waals surface area contributed by atoms with E-state index in [4.69, 9.17) is 18.9 Å². The number of carbonyl (C=O) groups is 1. The Morgan fingerprint density at radius 1 is 1.30 bits per heavy atom. The molecule has 5 nitrogen and oxygen atoms in total. The van der Waals surface area contributed by atoms with Crippen molar-refractivity contribution in [3.8, 4) is 11.5 Å². The van der Waals surface area contributed by atoms with Crippen molar-refractivity contribution in [2.24, 2.45) is 0 Å². The number of carbonyl (C=O) groups excluding carboxylic acids is 1. The van der Waals surface area contributed by atoms with Gasteiger partial charge in [-0.1, -0.05) is 0 Å². The first kappa shape index (κ1) is 14.8. The van der Waals surface area contributed by atoms with Crippen LogP contribution in [0, 0.1) is 0 Å². The highest BCUT2D eigenvalue weighted by Crippen LogP contribution is 2.28. The second-order valence-electron chi connectivity index (χ2n) is 4.58. The van der Waals surface area contributed by atoms with Gasteiger partial charge < -0.3 is 18.9 Å². The van der Waals surface area contributed by atoms with Crippen LogP contribution in [0.5, 0.6) is 11.5 Å². The third-order valence-electron chi connectivity index (χ3n) is 3.08. The van der Waals surface area contributed by atoms with E-state index in [0.717, 1.165) is 19.6 Å². The first-order valence-electron chi connectivity index (χ1n) is 6.75. The van der Waals surface area contributed by atoms with E-state index in [1.165, 1.54) is 6.92 Å². The standard InChI is InChI=1S/C15H20O5/c1-11(16)12-4-5-13(14(10-12)17-2)18-9-6-15-19-7-3-8-20-15/h4-5,10,15H,3,6-9H2,1-2H3. The largest absolute Gasteiger partial charge is 0.493 e. The van der Waals surface area contributed by atoms with Crippen molar-refractivity contribution >= 4 is 5.78 Å². The third-order valence-corrected chi connectivity index (χ3v) is 3.08. The highest BCUT2D eigenvalue weighted by molar-refractivity contribution is 5.94. The summed E-state index contributed by atoms with van der Waals surface area (Å²) in [4.78, 5) is 11.3. The van der Waals surface area contributed by atoms with Gasteiger partial charge in [-0.2, -0.15) is 0 Å². The van der Waals surface area contributed by atoms with E-state index in [1.807, 2.05) is 0 Å². The van der Waals surface area contributed by atoms with Crippen molar-refractivity contribution in [1.29, 1.82) is 0 Å². The predicted molar refractivity (Wildman–Crippen MR) is 73.4 cm³/mol. The lowest BCUT2D eigenvalue weighted by Gasteiger charge is -2.23. The molecule has 0 N–H and O–H groups in total. The van der Waals surface area contributed by atoms with Gasteiger partial charge in [0, 0.05) is 12.0 Å². The quantitative estimate of drug-likeness (QED) is 0.749. The van der Waals surface area contributed by atoms with Gasteiger partial charge in [0.1, 0.15) is 0 Å². The third kappa shape index (κ3) is 3.95. The van der Waals surface area contributed by atoms with Crippen LogP contribution >= 0.6 is 0 Å². The molecule has 0 saturated carbocycles. The number of Topliss-reactive ketones (excluding diaryl/α,β-unsaturated/α-hetero) is 1. The van der Waals surface area contributed by atoms with Crippen LogP contribution in [-0.4, -0.2) is 39.0 Å². The number of ether oxygens (including phenoxy) is 4. The van der Waals surface area contributed by atoms with E-state index in [-0.39, 0.29) is 12.1 Å². The van der Waals surface area contributed by atoms with Crippen LogP contribution < -0.4 is 9.47 Å². The van der Waals surface area contributed by atoms with Gasteiger partial charge in [-0.15, -0.1) is 0 Å². The Kier molecular flexibility index (Phi) is 5.38. The van der Waals surface area contributed by atoms with Gasteiger partial charge in [0.05, 0.1) is 26.9 Å². The number of benzene rings is 1. The van der Waals surface area contributed by atoms with Gasteiger partial charge in [-0.05, 0) is 31.5 Å². The normalized spacial score (nSPS) is 15.9. The van der Waals surface area contributed by atoms with E-state index >= 15 is 0 Å². The van der Waals surface area contributed by atoms with Crippen molar-refractivity contribution in [3.63, 3.8) is 0 Å². The highest BCUT2D eigenvalue weighted by atomic mass is 16.7. The molecule has 1 heterocycles. The molecule has 1 aliphatic rings. The second kappa shape index (κ2) is 7.26. The topological polar surface area (TPSA) is 54.0 Å². The molecule has 0 radical (unpaired) electrons. The lowest BCUT2D eigenvalue weighted by molar-refractivity contribution is -0.183. The van der Waals surface area contributed by atoms with Crippen LogP contribution in [0.15, 0.2) is 18.2 Å². The molecule has 0 bridgehead atoms. The molecule has 1 aromatic rings. The zero-order chi connectivity index (χ0) is 14.4. The fraction of sp³-hybridized carbons (Fsp3) is 0.533. The fourth-order valence-corrected chi connectivity index (χ4v) is 1.97. The van der Waals surface area contributed by atoms with Crippen LogP contribution in [0.3, 0.4) is 0 Å². The summed E-state index contributed by atoms with van der Waals surface area (Å²) in [6.07, 6.45) is 1.42. The summed E-state index contributed by atoms with van der Waals surface area (Å²) in [7, 11) is 1.56. The van der Waals surface area contributed by atoms with Crippen LogP contribution in [0.2, 0.25) is 0 Å². The fourth-order valence-electron chi connectivity index (χ4n) is 1.97. The molecule has 0 spiro atoms. The van der Waals surface area contributed by atoms with Gasteiger partial charge in [0.2, 0.25) is 0 Å². The SMILES string of the molecule is COc1cc(C(C)=O)ccc1OCCC1OCCCO1. The average molecular weight is 280 g/mol. The van der Waals surface area contributed by atoms with Crippen LogP contribution in [0.4, 0.5) is 0 Å². The maximum absolute atomic E-state index is 11.3. The van der Waals surface area contributed by atoms with Crippen LogP contribution in [-0.2, 0) is 9.47 Å². The van der Waals surface area contributed by atoms with Crippen molar-refractivity contribution in [2.45, 2.75) is 26.1 Å². The van der Waals surface area contributed by atoms with E-state index in [9.17, 15) is 4.79 Å². The minimum absolute atomic E-state index is 0.00106. The van der Waals surface area contributed by atoms with Crippen molar-refractivity contribution in [3.05, 3.63) is 23.8 Å². The summed E-state index contributed by atoms with van der Waals surface area (Å²) in [5.74, 6) is 1.18. The minimum Gasteiger partial charge on any atom is -0.493 e. The Balaban J connectivity index is 1.89. The van der Waals surface area contributed by atoms with Crippen molar-refractivity contribution in [2.75, 3.05) is 26.9 Å². The summed E-state index contributed by atoms with van der Waals surface area (Å²) in [6, 6.07) is 5.16. The van der Waals surface area contributed by atoms with E-state index in [2.05, 4.69) is 0 Å². The maximum Gasteiger partial charge on any atom is 0.161 e. The molecule has 0 amide bonds. The van der Waals surface area contributed by atoms with E-state index in [1.54, 1.807) is 25.3 Å². The Morgan fingerprint density at radius 2 is 2.05 bits per heavy atom. The molecule has 1 aromatic carbocycles. The number of methoxy groups -OCH3 is 1. The first-order valence-corrected chi connectivity index (χ1v) is 6.75. The highest BCUT2D eigenvalue weighted by Gasteiger charge is 2.15. The van der Waals surface area contributed by atoms with Gasteiger partial charge >= 0.3 is 0 Å². The van der Waals surface area contributed by atoms with Gasteiger partial charge in [0.25, 0.3) is 0 Å². The number of hydrogen-bond donors (Lipinski definition) is 0. The second-order valence-corrected chi connectivity index (χ2v) is 4.58. The van der Waals surface area contributed by atoms with Crippen molar-refractivity contribution in [1.82, 2.24) is 0 Å². The van der Waals surface area contributed by atoms with Gasteiger partial charge in [-0.3, -0.25) is 4.79 Å². The van der Waals surface area contributed by atoms with Crippen molar-refractivity contribution < 1.29 is 23.7 Å². The molecule has 0 aromatic heterocycles. The monoisotopic (exact) mass is 280 g/mol. The predicted octanol–water partition coefficient (Wildman–Crippen LogP) is 2.43. The lowest BCUT2D eigenvalue weighted by Crippen LogP contribution is -2.26. The lowest BCUT2D eigenvalue weighted by atomic mass is 10.1. The summed E-state index contributed by atoms with van der Waals surface area (Å²) >= 11 is 0. The molecule has 0 unspecified atom stereocenters. The zero-order valence-electron chi connectivity index (χ0n) is 11.9. The molecule has 0 aliphatic carbocycles. The number of rotatable bonds is 6. The van der Waals surface area contributed by atoms with Crippen LogP contribution in [0.1, 0.15) is 30.1 Å². The zero-order valence-corrected chi connectivity index (χ0v) is 11.9. The number of hydrogen-bond acceptors (Lipinski definition) is 5. The average Bonchev–Trinajstić information content (AvgIpc) is 2.48. The Labute approximate surface area is 118 Å². The minimum atomic E-state index is -0.189. The summed E-state index contributed by atoms with van der Waals surface area (Å²) < 4.78 is 21.8. The Morgan fingerprint density at radius 3 is 2.70 bits per heavy atom. The number of ketones is 1. The smallest absolute Gasteiger partial charge is 0.161 e. The van der Waals surface area contributed by atoms with E-state index in [0.29, 0.717) is 30.1 Å². The Bertz CT molecular complexity index is 452.